The van der Waals surface area contributed by atoms with Gasteiger partial charge in [0, 0.05) is 19.6 Å². The molecule has 0 bridgehead atoms. The van der Waals surface area contributed by atoms with Crippen LogP contribution in [0.15, 0.2) is 47.4 Å². The lowest BCUT2D eigenvalue weighted by atomic mass is 9.98. The van der Waals surface area contributed by atoms with Crippen LogP contribution in [-0.2, 0) is 30.9 Å². The standard InChI is InChI=1S/C23H25FN2O7S/c1-15(22(27)25-13-16-2-7-20-21(12-16)32-14-31-20)33-23(28)17-8-10-26(11-9-17)34(29,30)19-5-3-18(24)4-6-19/h2-7,12,15,17H,8-11,13-14H2,1H3,(H,25,27)/t15-/m1/s1. The number of rotatable bonds is 7. The molecule has 1 N–H and O–H groups in total. The Kier molecular flexibility index (Phi) is 7.03. The molecule has 9 nitrogen and oxygen atoms in total. The van der Waals surface area contributed by atoms with Gasteiger partial charge in [0.05, 0.1) is 10.8 Å². The minimum absolute atomic E-state index is 0.00248. The van der Waals surface area contributed by atoms with Gasteiger partial charge in [-0.15, -0.1) is 0 Å². The molecule has 0 unspecified atom stereocenters. The smallest absolute Gasteiger partial charge is 0.309 e. The van der Waals surface area contributed by atoms with Crippen LogP contribution in [0.5, 0.6) is 11.5 Å². The van der Waals surface area contributed by atoms with Crippen LogP contribution >= 0.6 is 0 Å². The van der Waals surface area contributed by atoms with Gasteiger partial charge in [0.25, 0.3) is 5.91 Å². The summed E-state index contributed by atoms with van der Waals surface area (Å²) in [7, 11) is -3.77. The van der Waals surface area contributed by atoms with Gasteiger partial charge in [-0.1, -0.05) is 6.07 Å². The summed E-state index contributed by atoms with van der Waals surface area (Å²) in [6.07, 6.45) is -0.460. The van der Waals surface area contributed by atoms with Gasteiger partial charge in [-0.05, 0) is 61.7 Å². The first-order valence-corrected chi connectivity index (χ1v) is 12.3. The summed E-state index contributed by atoms with van der Waals surface area (Å²) in [4.78, 5) is 24.9. The Morgan fingerprint density at radius 1 is 1.12 bits per heavy atom. The van der Waals surface area contributed by atoms with Crippen LogP contribution in [0.3, 0.4) is 0 Å². The van der Waals surface area contributed by atoms with E-state index >= 15 is 0 Å². The van der Waals surface area contributed by atoms with E-state index in [2.05, 4.69) is 5.32 Å². The highest BCUT2D eigenvalue weighted by Crippen LogP contribution is 2.32. The summed E-state index contributed by atoms with van der Waals surface area (Å²) in [5, 5.41) is 2.72. The Bertz CT molecular complexity index is 1160. The highest BCUT2D eigenvalue weighted by molar-refractivity contribution is 7.89. The van der Waals surface area contributed by atoms with Crippen LogP contribution in [0.4, 0.5) is 4.39 Å². The molecular formula is C23H25FN2O7S. The monoisotopic (exact) mass is 492 g/mol. The largest absolute Gasteiger partial charge is 0.454 e. The predicted octanol–water partition coefficient (Wildman–Crippen LogP) is 2.20. The molecule has 2 aromatic carbocycles. The molecule has 1 fully saturated rings. The Morgan fingerprint density at radius 3 is 2.50 bits per heavy atom. The van der Waals surface area contributed by atoms with Gasteiger partial charge in [0.2, 0.25) is 16.8 Å². The number of amides is 1. The molecule has 0 spiro atoms. The molecule has 0 aromatic heterocycles. The lowest BCUT2D eigenvalue weighted by Crippen LogP contribution is -2.42. The van der Waals surface area contributed by atoms with Crippen LogP contribution in [0.1, 0.15) is 25.3 Å². The average molecular weight is 493 g/mol. The fraction of sp³-hybridized carbons (Fsp3) is 0.391. The molecule has 2 aliphatic rings. The third kappa shape index (κ3) is 5.31. The summed E-state index contributed by atoms with van der Waals surface area (Å²) in [6, 6.07) is 9.96. The first-order chi connectivity index (χ1) is 16.2. The highest BCUT2D eigenvalue weighted by Gasteiger charge is 2.34. The zero-order valence-corrected chi connectivity index (χ0v) is 19.3. The van der Waals surface area contributed by atoms with Crippen LogP contribution in [0.2, 0.25) is 0 Å². The van der Waals surface area contributed by atoms with Crippen molar-refractivity contribution in [3.05, 3.63) is 53.8 Å². The second kappa shape index (κ2) is 9.98. The molecule has 2 heterocycles. The molecule has 4 rings (SSSR count). The van der Waals surface area contributed by atoms with Crippen molar-refractivity contribution in [3.8, 4) is 11.5 Å². The van der Waals surface area contributed by atoms with Crippen molar-refractivity contribution in [1.82, 2.24) is 9.62 Å². The van der Waals surface area contributed by atoms with E-state index in [0.717, 1.165) is 17.7 Å². The van der Waals surface area contributed by atoms with Crippen molar-refractivity contribution < 1.29 is 36.6 Å². The van der Waals surface area contributed by atoms with Crippen molar-refractivity contribution in [1.29, 1.82) is 0 Å². The van der Waals surface area contributed by atoms with Gasteiger partial charge in [-0.2, -0.15) is 4.31 Å². The number of carbonyl (C=O) groups excluding carboxylic acids is 2. The number of fused-ring (bicyclic) bond motifs is 1. The second-order valence-electron chi connectivity index (χ2n) is 8.12. The van der Waals surface area contributed by atoms with Gasteiger partial charge in [-0.3, -0.25) is 9.59 Å². The van der Waals surface area contributed by atoms with Crippen LogP contribution < -0.4 is 14.8 Å². The maximum absolute atomic E-state index is 13.1. The molecular weight excluding hydrogens is 467 g/mol. The quantitative estimate of drug-likeness (QED) is 0.590. The molecule has 1 atom stereocenters. The molecule has 2 aromatic rings. The lowest BCUT2D eigenvalue weighted by Gasteiger charge is -2.30. The lowest BCUT2D eigenvalue weighted by molar-refractivity contribution is -0.159. The minimum atomic E-state index is -3.77. The number of esters is 1. The summed E-state index contributed by atoms with van der Waals surface area (Å²) < 4.78 is 55.7. The summed E-state index contributed by atoms with van der Waals surface area (Å²) in [5.74, 6) is -0.752. The van der Waals surface area contributed by atoms with Crippen molar-refractivity contribution >= 4 is 21.9 Å². The van der Waals surface area contributed by atoms with Crippen molar-refractivity contribution in [2.45, 2.75) is 37.3 Å². The molecule has 11 heteroatoms. The van der Waals surface area contributed by atoms with E-state index in [9.17, 15) is 22.4 Å². The SMILES string of the molecule is C[C@@H](OC(=O)C1CCN(S(=O)(=O)c2ccc(F)cc2)CC1)C(=O)NCc1ccc2c(c1)OCO2. The van der Waals surface area contributed by atoms with Crippen LogP contribution in [0.25, 0.3) is 0 Å². The molecule has 34 heavy (non-hydrogen) atoms. The van der Waals surface area contributed by atoms with E-state index in [-0.39, 0.29) is 44.2 Å². The maximum Gasteiger partial charge on any atom is 0.309 e. The van der Waals surface area contributed by atoms with E-state index in [1.165, 1.54) is 23.4 Å². The molecule has 0 aliphatic carbocycles. The number of benzene rings is 2. The number of ether oxygens (including phenoxy) is 3. The Balaban J connectivity index is 1.24. The topological polar surface area (TPSA) is 111 Å². The first kappa shape index (κ1) is 24.0. The highest BCUT2D eigenvalue weighted by atomic mass is 32.2. The number of carbonyl (C=O) groups is 2. The van der Waals surface area contributed by atoms with E-state index in [1.807, 2.05) is 0 Å². The first-order valence-electron chi connectivity index (χ1n) is 10.9. The van der Waals surface area contributed by atoms with Gasteiger partial charge in [0.1, 0.15) is 5.82 Å². The van der Waals surface area contributed by atoms with Crippen molar-refractivity contribution in [2.24, 2.45) is 5.92 Å². The average Bonchev–Trinajstić information content (AvgIpc) is 3.30. The van der Waals surface area contributed by atoms with Crippen molar-refractivity contribution in [2.75, 3.05) is 19.9 Å². The summed E-state index contributed by atoms with van der Waals surface area (Å²) in [5.41, 5.74) is 0.811. The zero-order valence-electron chi connectivity index (χ0n) is 18.5. The Morgan fingerprint density at radius 2 is 1.79 bits per heavy atom. The Labute approximate surface area is 196 Å². The number of sulfonamides is 1. The normalized spacial score (nSPS) is 17.2. The number of halogens is 1. The second-order valence-corrected chi connectivity index (χ2v) is 10.1. The fourth-order valence-electron chi connectivity index (χ4n) is 3.80. The Hall–Kier alpha value is -3.18. The molecule has 1 amide bonds. The van der Waals surface area contributed by atoms with E-state index < -0.39 is 39.7 Å². The molecule has 182 valence electrons. The van der Waals surface area contributed by atoms with Crippen LogP contribution in [-0.4, -0.2) is 50.6 Å². The van der Waals surface area contributed by atoms with Gasteiger partial charge in [0.15, 0.2) is 17.6 Å². The van der Waals surface area contributed by atoms with E-state index in [4.69, 9.17) is 14.2 Å². The number of nitrogens with zero attached hydrogens (tertiary/aromatic N) is 1. The predicted molar refractivity (Wildman–Crippen MR) is 118 cm³/mol. The zero-order chi connectivity index (χ0) is 24.3. The molecule has 0 saturated carbocycles. The molecule has 1 saturated heterocycles. The van der Waals surface area contributed by atoms with Gasteiger partial charge in [-0.25, -0.2) is 12.8 Å². The minimum Gasteiger partial charge on any atom is -0.454 e. The van der Waals surface area contributed by atoms with E-state index in [1.54, 1.807) is 18.2 Å². The maximum atomic E-state index is 13.1. The van der Waals surface area contributed by atoms with Crippen molar-refractivity contribution in [3.63, 3.8) is 0 Å². The number of piperidine rings is 1. The van der Waals surface area contributed by atoms with Crippen LogP contribution in [0, 0.1) is 11.7 Å². The number of hydrogen-bond donors (Lipinski definition) is 1. The van der Waals surface area contributed by atoms with Gasteiger partial charge < -0.3 is 19.5 Å². The van der Waals surface area contributed by atoms with E-state index in [0.29, 0.717) is 11.5 Å². The third-order valence-corrected chi connectivity index (χ3v) is 7.72. The fourth-order valence-corrected chi connectivity index (χ4v) is 5.26. The summed E-state index contributed by atoms with van der Waals surface area (Å²) >= 11 is 0. The number of nitrogens with one attached hydrogen (secondary N) is 1. The van der Waals surface area contributed by atoms with Gasteiger partial charge >= 0.3 is 5.97 Å². The third-order valence-electron chi connectivity index (χ3n) is 5.80. The summed E-state index contributed by atoms with van der Waals surface area (Å²) in [6.45, 7) is 2.14. The molecule has 0 radical (unpaired) electrons. The number of hydrogen-bond acceptors (Lipinski definition) is 7. The molecule has 2 aliphatic heterocycles.